The number of hydrogen-bond acceptors (Lipinski definition) is 7. The van der Waals surface area contributed by atoms with Crippen molar-refractivity contribution in [2.24, 2.45) is 5.41 Å². The molecule has 10 heteroatoms. The molecule has 0 atom stereocenters. The summed E-state index contributed by atoms with van der Waals surface area (Å²) in [4.78, 5) is 40.9. The topological polar surface area (TPSA) is 115 Å². The molecule has 68 heavy (non-hydrogen) atoms. The molecule has 4 aliphatic rings. The van der Waals surface area contributed by atoms with Crippen LogP contribution in [0.4, 0.5) is 11.4 Å². The van der Waals surface area contributed by atoms with Crippen LogP contribution in [0.15, 0.2) is 121 Å². The van der Waals surface area contributed by atoms with Crippen molar-refractivity contribution in [3.05, 3.63) is 155 Å². The minimum Gasteiger partial charge on any atom is -0.454 e. The number of fused-ring (bicyclic) bond motifs is 2. The Kier molecular flexibility index (Phi) is 12.6. The summed E-state index contributed by atoms with van der Waals surface area (Å²) in [6, 6.07) is 40.8. The van der Waals surface area contributed by atoms with Crippen LogP contribution in [0.25, 0.3) is 22.3 Å². The van der Waals surface area contributed by atoms with Crippen LogP contribution in [-0.2, 0) is 38.2 Å². The number of hydrogen-bond donors (Lipinski definition) is 2. The maximum atomic E-state index is 13.4. The van der Waals surface area contributed by atoms with Gasteiger partial charge < -0.3 is 34.5 Å². The Morgan fingerprint density at radius 3 is 1.40 bits per heavy atom. The highest BCUT2D eigenvalue weighted by Gasteiger charge is 2.52. The van der Waals surface area contributed by atoms with Gasteiger partial charge in [0.05, 0.1) is 10.8 Å². The van der Waals surface area contributed by atoms with Gasteiger partial charge in [-0.1, -0.05) is 107 Å². The summed E-state index contributed by atoms with van der Waals surface area (Å²) in [7, 11) is 1.84. The Bertz CT molecular complexity index is 2870. The van der Waals surface area contributed by atoms with Gasteiger partial charge in [0.1, 0.15) is 0 Å². The maximum absolute atomic E-state index is 13.4. The number of carbonyl (C=O) groups is 3. The first kappa shape index (κ1) is 46.1. The molecule has 10 rings (SSSR count). The zero-order valence-corrected chi connectivity index (χ0v) is 40.2. The Labute approximate surface area is 400 Å². The minimum atomic E-state index is -0.524. The predicted molar refractivity (Wildman–Crippen MR) is 267 cm³/mol. The van der Waals surface area contributed by atoms with Crippen LogP contribution in [0.3, 0.4) is 0 Å². The number of anilines is 2. The predicted octanol–water partition coefficient (Wildman–Crippen LogP) is 12.1. The standard InChI is InChI=1S/C31H34N2O4.C27H27NO3/c1-20-6-12-24(32-28(34)31(14-15-31)23-11-13-26-27(16-23)37-19-36-26)17-25(20)22-9-7-21(8-10-22)18-33(5)29(35)30(2,3)4;1-3-4-19-6-8-20(9-7-19)23-16-22(11-5-18(23)2)28-26(29)27(13-14-27)21-10-12-24-25(15-21)31-17-30-24/h6-13,16-17H,14-15,18-19H2,1-5H3,(H,32,34);5-12,15-16H,3-4,13-14,17H2,1-2H3,(H,28,29). The summed E-state index contributed by atoms with van der Waals surface area (Å²) in [5, 5.41) is 6.33. The van der Waals surface area contributed by atoms with Crippen LogP contribution in [-0.4, -0.2) is 43.3 Å². The Morgan fingerprint density at radius 1 is 0.559 bits per heavy atom. The van der Waals surface area contributed by atoms with Gasteiger partial charge in [-0.15, -0.1) is 0 Å². The number of benzene rings is 6. The van der Waals surface area contributed by atoms with Crippen LogP contribution in [0.5, 0.6) is 23.0 Å². The van der Waals surface area contributed by atoms with Gasteiger partial charge in [-0.3, -0.25) is 14.4 Å². The van der Waals surface area contributed by atoms with Crippen LogP contribution in [0, 0.1) is 19.3 Å². The normalized spacial score (nSPS) is 15.4. The number of amides is 3. The Hall–Kier alpha value is -7.07. The van der Waals surface area contributed by atoms with E-state index in [0.717, 1.165) is 106 Å². The van der Waals surface area contributed by atoms with Gasteiger partial charge in [0.15, 0.2) is 23.0 Å². The van der Waals surface area contributed by atoms with Gasteiger partial charge in [0.25, 0.3) is 0 Å². The number of aryl methyl sites for hydroxylation is 3. The zero-order chi connectivity index (χ0) is 47.8. The van der Waals surface area contributed by atoms with Crippen molar-refractivity contribution in [2.75, 3.05) is 31.3 Å². The van der Waals surface area contributed by atoms with Crippen molar-refractivity contribution in [1.82, 2.24) is 4.90 Å². The third-order valence-corrected chi connectivity index (χ3v) is 13.7. The third kappa shape index (κ3) is 9.55. The molecule has 6 aromatic rings. The smallest absolute Gasteiger partial charge is 0.235 e. The molecule has 2 aliphatic carbocycles. The summed E-state index contributed by atoms with van der Waals surface area (Å²) in [5.74, 6) is 3.05. The van der Waals surface area contributed by atoms with E-state index in [-0.39, 0.29) is 31.3 Å². The fourth-order valence-electron chi connectivity index (χ4n) is 9.30. The molecule has 2 aliphatic heterocycles. The minimum absolute atomic E-state index is 0.00284. The van der Waals surface area contributed by atoms with Crippen LogP contribution >= 0.6 is 0 Å². The van der Waals surface area contributed by atoms with Gasteiger partial charge in [-0.05, 0) is 150 Å². The lowest BCUT2D eigenvalue weighted by atomic mass is 9.94. The number of rotatable bonds is 12. The fraction of sp³-hybridized carbons (Fsp3) is 0.328. The maximum Gasteiger partial charge on any atom is 0.235 e. The lowest BCUT2D eigenvalue weighted by Gasteiger charge is -2.26. The second-order valence-electron chi connectivity index (χ2n) is 19.8. The summed E-state index contributed by atoms with van der Waals surface area (Å²) in [6.07, 6.45) is 5.55. The zero-order valence-electron chi connectivity index (χ0n) is 40.2. The molecule has 6 aromatic carbocycles. The van der Waals surface area contributed by atoms with Crippen molar-refractivity contribution >= 4 is 29.1 Å². The summed E-state index contributed by atoms with van der Waals surface area (Å²) in [6.45, 7) is 13.2. The van der Waals surface area contributed by atoms with Gasteiger partial charge in [-0.2, -0.15) is 0 Å². The average molecular weight is 912 g/mol. The van der Waals surface area contributed by atoms with Gasteiger partial charge in [0.2, 0.25) is 31.3 Å². The molecule has 0 saturated heterocycles. The van der Waals surface area contributed by atoms with Crippen LogP contribution in [0.2, 0.25) is 0 Å². The van der Waals surface area contributed by atoms with E-state index < -0.39 is 16.2 Å². The summed E-state index contributed by atoms with van der Waals surface area (Å²) >= 11 is 0. The van der Waals surface area contributed by atoms with E-state index in [9.17, 15) is 14.4 Å². The molecule has 0 unspecified atom stereocenters. The van der Waals surface area contributed by atoms with Gasteiger partial charge in [-0.25, -0.2) is 0 Å². The molecule has 2 saturated carbocycles. The first-order valence-electron chi connectivity index (χ1n) is 23.7. The highest BCUT2D eigenvalue weighted by atomic mass is 16.7. The second-order valence-corrected chi connectivity index (χ2v) is 19.8. The Balaban J connectivity index is 0.000000172. The van der Waals surface area contributed by atoms with Crippen LogP contribution < -0.4 is 29.6 Å². The van der Waals surface area contributed by atoms with E-state index in [2.05, 4.69) is 92.1 Å². The molecule has 2 heterocycles. The summed E-state index contributed by atoms with van der Waals surface area (Å²) < 4.78 is 21.9. The third-order valence-electron chi connectivity index (χ3n) is 13.7. The van der Waals surface area contributed by atoms with E-state index >= 15 is 0 Å². The fourth-order valence-corrected chi connectivity index (χ4v) is 9.30. The van der Waals surface area contributed by atoms with Crippen LogP contribution in [0.1, 0.15) is 93.2 Å². The largest absolute Gasteiger partial charge is 0.454 e. The van der Waals surface area contributed by atoms with E-state index in [1.807, 2.05) is 88.5 Å². The molecular weight excluding hydrogens is 851 g/mol. The van der Waals surface area contributed by atoms with Gasteiger partial charge in [0, 0.05) is 30.4 Å². The lowest BCUT2D eigenvalue weighted by Crippen LogP contribution is -2.36. The number of carbonyl (C=O) groups excluding carboxylic acids is 3. The molecule has 10 nitrogen and oxygen atoms in total. The molecule has 0 spiro atoms. The molecule has 2 fully saturated rings. The van der Waals surface area contributed by atoms with E-state index in [1.165, 1.54) is 16.7 Å². The first-order valence-corrected chi connectivity index (χ1v) is 23.7. The number of nitrogens with zero attached hydrogens (tertiary/aromatic N) is 1. The van der Waals surface area contributed by atoms with Crippen molar-refractivity contribution < 1.29 is 33.3 Å². The monoisotopic (exact) mass is 911 g/mol. The van der Waals surface area contributed by atoms with Crippen molar-refractivity contribution in [2.45, 2.75) is 97.4 Å². The highest BCUT2D eigenvalue weighted by Crippen LogP contribution is 2.52. The molecule has 0 aromatic heterocycles. The van der Waals surface area contributed by atoms with E-state index in [1.54, 1.807) is 4.90 Å². The summed E-state index contributed by atoms with van der Waals surface area (Å²) in [5.41, 5.74) is 11.4. The second kappa shape index (κ2) is 18.5. The molecule has 0 radical (unpaired) electrons. The van der Waals surface area contributed by atoms with Crippen molar-refractivity contribution in [1.29, 1.82) is 0 Å². The molecule has 350 valence electrons. The van der Waals surface area contributed by atoms with Crippen molar-refractivity contribution in [3.8, 4) is 45.3 Å². The Morgan fingerprint density at radius 2 is 0.985 bits per heavy atom. The molecule has 3 amide bonds. The quantitative estimate of drug-likeness (QED) is 0.126. The molecular formula is C58H61N3O7. The number of nitrogens with one attached hydrogen (secondary N) is 2. The molecule has 2 N–H and O–H groups in total. The number of ether oxygens (including phenoxy) is 4. The van der Waals surface area contributed by atoms with Gasteiger partial charge >= 0.3 is 0 Å². The average Bonchev–Trinajstić information content (AvgIpc) is 4.23. The molecule has 0 bridgehead atoms. The highest BCUT2D eigenvalue weighted by molar-refractivity contribution is 6.03. The first-order chi connectivity index (χ1) is 32.7. The van der Waals surface area contributed by atoms with E-state index in [4.69, 9.17) is 18.9 Å². The van der Waals surface area contributed by atoms with E-state index in [0.29, 0.717) is 12.3 Å². The lowest BCUT2D eigenvalue weighted by molar-refractivity contribution is -0.138. The SMILES string of the molecule is CCCc1ccc(-c2cc(NC(=O)C3(c4ccc5c(c4)OCO5)CC3)ccc2C)cc1.Cc1ccc(NC(=O)C2(c3ccc4c(c3)OCO4)CC2)cc1-c1ccc(CN(C)C(=O)C(C)(C)C)cc1. The van der Waals surface area contributed by atoms with Crippen molar-refractivity contribution in [3.63, 3.8) is 0 Å².